The number of rotatable bonds is 2. The lowest BCUT2D eigenvalue weighted by molar-refractivity contribution is -0.136. The average molecular weight is 284 g/mol. The highest BCUT2D eigenvalue weighted by Crippen LogP contribution is 2.36. The van der Waals surface area contributed by atoms with E-state index in [1.54, 1.807) is 7.05 Å². The number of halogens is 3. The third-order valence-corrected chi connectivity index (χ3v) is 2.65. The van der Waals surface area contributed by atoms with Gasteiger partial charge in [0, 0.05) is 12.7 Å². The quantitative estimate of drug-likeness (QED) is 0.831. The molecule has 0 aliphatic rings. The third-order valence-electron chi connectivity index (χ3n) is 2.65. The van der Waals surface area contributed by atoms with E-state index < -0.39 is 17.6 Å². The van der Waals surface area contributed by atoms with Crippen LogP contribution in [0.2, 0.25) is 0 Å². The lowest BCUT2D eigenvalue weighted by Gasteiger charge is -2.14. The van der Waals surface area contributed by atoms with Gasteiger partial charge in [-0.05, 0) is 18.2 Å². The van der Waals surface area contributed by atoms with Crippen molar-refractivity contribution in [3.05, 3.63) is 42.0 Å². The van der Waals surface area contributed by atoms with Crippen molar-refractivity contribution >= 4 is 17.3 Å². The van der Waals surface area contributed by atoms with Crippen LogP contribution in [0.4, 0.5) is 24.5 Å². The summed E-state index contributed by atoms with van der Waals surface area (Å²) >= 11 is 0. The summed E-state index contributed by atoms with van der Waals surface area (Å²) in [5.74, 6) is -0.680. The molecule has 0 saturated heterocycles. The second kappa shape index (κ2) is 4.87. The van der Waals surface area contributed by atoms with Crippen molar-refractivity contribution in [2.24, 2.45) is 7.05 Å². The maximum atomic E-state index is 12.9. The first-order valence-corrected chi connectivity index (χ1v) is 5.53. The van der Waals surface area contributed by atoms with Gasteiger partial charge in [0.1, 0.15) is 5.69 Å². The van der Waals surface area contributed by atoms with Crippen molar-refractivity contribution in [3.63, 3.8) is 0 Å². The fourth-order valence-electron chi connectivity index (χ4n) is 1.67. The van der Waals surface area contributed by atoms with Gasteiger partial charge in [0.25, 0.3) is 5.91 Å². The van der Waals surface area contributed by atoms with E-state index in [4.69, 9.17) is 5.73 Å². The van der Waals surface area contributed by atoms with Gasteiger partial charge in [0.05, 0.1) is 23.8 Å². The number of nitrogens with two attached hydrogens (primary N) is 1. The van der Waals surface area contributed by atoms with Gasteiger partial charge in [0.2, 0.25) is 0 Å². The first-order valence-electron chi connectivity index (χ1n) is 5.53. The molecule has 0 bridgehead atoms. The molecule has 20 heavy (non-hydrogen) atoms. The Labute approximate surface area is 112 Å². The Kier molecular flexibility index (Phi) is 3.39. The minimum Gasteiger partial charge on any atom is -0.399 e. The van der Waals surface area contributed by atoms with Gasteiger partial charge in [-0.2, -0.15) is 13.2 Å². The highest BCUT2D eigenvalue weighted by Gasteiger charge is 2.34. The molecule has 0 aliphatic carbocycles. The fourth-order valence-corrected chi connectivity index (χ4v) is 1.67. The number of benzene rings is 1. The Hall–Kier alpha value is -2.51. The largest absolute Gasteiger partial charge is 0.418 e. The summed E-state index contributed by atoms with van der Waals surface area (Å²) in [5.41, 5.74) is 4.12. The topological polar surface area (TPSA) is 72.9 Å². The minimum atomic E-state index is -4.61. The molecule has 0 radical (unpaired) electrons. The summed E-state index contributed by atoms with van der Waals surface area (Å²) in [6.07, 6.45) is -1.97. The van der Waals surface area contributed by atoms with E-state index in [1.807, 2.05) is 0 Å². The molecule has 0 unspecified atom stereocenters. The number of carbonyl (C=O) groups is 1. The monoisotopic (exact) mass is 284 g/mol. The van der Waals surface area contributed by atoms with Crippen molar-refractivity contribution in [3.8, 4) is 0 Å². The number of anilines is 2. The van der Waals surface area contributed by atoms with E-state index in [9.17, 15) is 18.0 Å². The van der Waals surface area contributed by atoms with Gasteiger partial charge in [-0.1, -0.05) is 0 Å². The molecule has 2 aromatic rings. The van der Waals surface area contributed by atoms with Crippen LogP contribution in [-0.4, -0.2) is 15.5 Å². The smallest absolute Gasteiger partial charge is 0.399 e. The van der Waals surface area contributed by atoms with E-state index in [2.05, 4.69) is 10.3 Å². The van der Waals surface area contributed by atoms with Crippen LogP contribution in [0.15, 0.2) is 30.7 Å². The maximum absolute atomic E-state index is 12.9. The van der Waals surface area contributed by atoms with E-state index >= 15 is 0 Å². The predicted molar refractivity (Wildman–Crippen MR) is 67.0 cm³/mol. The number of amides is 1. The van der Waals surface area contributed by atoms with Crippen LogP contribution in [0.5, 0.6) is 0 Å². The molecule has 0 atom stereocenters. The molecule has 1 amide bonds. The Morgan fingerprint density at radius 2 is 2.10 bits per heavy atom. The highest BCUT2D eigenvalue weighted by molar-refractivity contribution is 6.03. The number of imidazole rings is 1. The summed E-state index contributed by atoms with van der Waals surface area (Å²) in [7, 11) is 1.57. The third kappa shape index (κ3) is 2.73. The molecule has 5 nitrogen and oxygen atoms in total. The van der Waals surface area contributed by atoms with E-state index in [1.165, 1.54) is 23.2 Å². The van der Waals surface area contributed by atoms with Crippen molar-refractivity contribution in [2.45, 2.75) is 6.18 Å². The van der Waals surface area contributed by atoms with E-state index in [0.29, 0.717) is 0 Å². The van der Waals surface area contributed by atoms with Crippen molar-refractivity contribution in [2.75, 3.05) is 11.1 Å². The number of nitrogen functional groups attached to an aromatic ring is 1. The Morgan fingerprint density at radius 1 is 1.40 bits per heavy atom. The highest BCUT2D eigenvalue weighted by atomic mass is 19.4. The SMILES string of the molecule is Cn1cncc1C(=O)Nc1ccc(N)cc1C(F)(F)F. The fraction of sp³-hybridized carbons (Fsp3) is 0.167. The van der Waals surface area contributed by atoms with Crippen molar-refractivity contribution in [1.29, 1.82) is 0 Å². The van der Waals surface area contributed by atoms with Crippen LogP contribution >= 0.6 is 0 Å². The van der Waals surface area contributed by atoms with Gasteiger partial charge in [-0.15, -0.1) is 0 Å². The van der Waals surface area contributed by atoms with E-state index in [0.717, 1.165) is 12.1 Å². The number of nitrogens with zero attached hydrogens (tertiary/aromatic N) is 2. The first-order chi connectivity index (χ1) is 9.29. The number of hydrogen-bond acceptors (Lipinski definition) is 3. The van der Waals surface area contributed by atoms with Crippen LogP contribution in [0.1, 0.15) is 16.1 Å². The number of hydrogen-bond donors (Lipinski definition) is 2. The number of nitrogens with one attached hydrogen (secondary N) is 1. The number of alkyl halides is 3. The molecular formula is C12H11F3N4O. The Balaban J connectivity index is 2.35. The van der Waals surface area contributed by atoms with Gasteiger partial charge < -0.3 is 15.6 Å². The van der Waals surface area contributed by atoms with E-state index in [-0.39, 0.29) is 17.1 Å². The standard InChI is InChI=1S/C12H11F3N4O/c1-19-6-17-5-10(19)11(20)18-9-3-2-7(16)4-8(9)12(13,14)15/h2-6H,16H2,1H3,(H,18,20). The second-order valence-corrected chi connectivity index (χ2v) is 4.15. The molecule has 1 aromatic heterocycles. The summed E-state index contributed by atoms with van der Waals surface area (Å²) in [6, 6.07) is 3.18. The molecule has 1 heterocycles. The zero-order chi connectivity index (χ0) is 14.9. The molecule has 0 spiro atoms. The van der Waals surface area contributed by atoms with Gasteiger partial charge >= 0.3 is 6.18 Å². The van der Waals surface area contributed by atoms with Crippen LogP contribution in [0.25, 0.3) is 0 Å². The molecular weight excluding hydrogens is 273 g/mol. The Bertz CT molecular complexity index is 648. The normalized spacial score (nSPS) is 11.4. The van der Waals surface area contributed by atoms with Crippen molar-refractivity contribution in [1.82, 2.24) is 9.55 Å². The summed E-state index contributed by atoms with van der Waals surface area (Å²) in [5, 5.41) is 2.21. The molecule has 8 heteroatoms. The molecule has 0 saturated carbocycles. The molecule has 0 fully saturated rings. The zero-order valence-corrected chi connectivity index (χ0v) is 10.4. The minimum absolute atomic E-state index is 0.0316. The number of aromatic nitrogens is 2. The predicted octanol–water partition coefficient (Wildman–Crippen LogP) is 2.27. The van der Waals surface area contributed by atoms with Crippen LogP contribution in [-0.2, 0) is 13.2 Å². The van der Waals surface area contributed by atoms with Gasteiger partial charge in [-0.25, -0.2) is 4.98 Å². The lowest BCUT2D eigenvalue weighted by Crippen LogP contribution is -2.19. The van der Waals surface area contributed by atoms with Gasteiger partial charge in [-0.3, -0.25) is 4.79 Å². The van der Waals surface area contributed by atoms with Gasteiger partial charge in [0.15, 0.2) is 0 Å². The summed E-state index contributed by atoms with van der Waals surface area (Å²) < 4.78 is 40.0. The summed E-state index contributed by atoms with van der Waals surface area (Å²) in [6.45, 7) is 0. The molecule has 106 valence electrons. The molecule has 3 N–H and O–H groups in total. The molecule has 0 aliphatic heterocycles. The maximum Gasteiger partial charge on any atom is 0.418 e. The second-order valence-electron chi connectivity index (χ2n) is 4.15. The first kappa shape index (κ1) is 13.9. The number of aryl methyl sites for hydroxylation is 1. The summed E-state index contributed by atoms with van der Waals surface area (Å²) in [4.78, 5) is 15.6. The zero-order valence-electron chi connectivity index (χ0n) is 10.4. The van der Waals surface area contributed by atoms with Crippen molar-refractivity contribution < 1.29 is 18.0 Å². The average Bonchev–Trinajstić information content (AvgIpc) is 2.76. The number of carbonyl (C=O) groups excluding carboxylic acids is 1. The van der Waals surface area contributed by atoms with Crippen LogP contribution < -0.4 is 11.1 Å². The molecule has 2 rings (SSSR count). The molecule has 1 aromatic carbocycles. The lowest BCUT2D eigenvalue weighted by atomic mass is 10.1. The Morgan fingerprint density at radius 3 is 2.65 bits per heavy atom. The van der Waals surface area contributed by atoms with Crippen LogP contribution in [0, 0.1) is 0 Å². The van der Waals surface area contributed by atoms with Crippen LogP contribution in [0.3, 0.4) is 0 Å².